The van der Waals surface area contributed by atoms with Crippen molar-refractivity contribution < 1.29 is 22.6 Å². The highest BCUT2D eigenvalue weighted by atomic mass is 19.4. The summed E-state index contributed by atoms with van der Waals surface area (Å²) >= 11 is 0. The normalized spacial score (nSPS) is 15.0. The fourth-order valence-corrected chi connectivity index (χ4v) is 3.99. The van der Waals surface area contributed by atoms with E-state index in [1.165, 1.54) is 0 Å². The van der Waals surface area contributed by atoms with Crippen LogP contribution in [-0.2, 0) is 22.2 Å². The van der Waals surface area contributed by atoms with Crippen molar-refractivity contribution >= 4 is 17.2 Å². The Morgan fingerprint density at radius 2 is 1.97 bits per heavy atom. The molecule has 0 amide bonds. The van der Waals surface area contributed by atoms with Gasteiger partial charge < -0.3 is 20.1 Å². The number of morpholine rings is 1. The fourth-order valence-electron chi connectivity index (χ4n) is 3.99. The minimum absolute atomic E-state index is 0.0631. The maximum absolute atomic E-state index is 13.8. The molecule has 0 aromatic carbocycles. The average molecular weight is 480 g/mol. The van der Waals surface area contributed by atoms with Crippen LogP contribution in [0.4, 0.5) is 24.8 Å². The van der Waals surface area contributed by atoms with E-state index in [1.54, 1.807) is 11.6 Å². The van der Waals surface area contributed by atoms with Crippen molar-refractivity contribution in [3.63, 3.8) is 0 Å². The molecular formula is C22H28F3N7O2. The van der Waals surface area contributed by atoms with Gasteiger partial charge in [-0.25, -0.2) is 14.5 Å². The third-order valence-corrected chi connectivity index (χ3v) is 5.86. The summed E-state index contributed by atoms with van der Waals surface area (Å²) in [7, 11) is 3.63. The smallest absolute Gasteiger partial charge is 0.384 e. The van der Waals surface area contributed by atoms with Gasteiger partial charge in [0.15, 0.2) is 11.6 Å². The molecule has 34 heavy (non-hydrogen) atoms. The predicted molar refractivity (Wildman–Crippen MR) is 122 cm³/mol. The van der Waals surface area contributed by atoms with Crippen molar-refractivity contribution in [2.45, 2.75) is 19.6 Å². The van der Waals surface area contributed by atoms with E-state index >= 15 is 0 Å². The number of rotatable bonds is 7. The maximum atomic E-state index is 13.8. The molecule has 1 aliphatic heterocycles. The van der Waals surface area contributed by atoms with Crippen molar-refractivity contribution in [2.24, 2.45) is 0 Å². The summed E-state index contributed by atoms with van der Waals surface area (Å²) < 4.78 is 53.8. The van der Waals surface area contributed by atoms with Crippen LogP contribution in [0.3, 0.4) is 0 Å². The van der Waals surface area contributed by atoms with Gasteiger partial charge in [-0.05, 0) is 31.7 Å². The van der Waals surface area contributed by atoms with E-state index in [9.17, 15) is 13.2 Å². The third kappa shape index (κ3) is 4.93. The maximum Gasteiger partial charge on any atom is 0.417 e. The standard InChI is InChI=1S/C22H28F3N7O2/c1-14-15(13-30(2)4-7-33-3)10-18-21(31-5-8-34-9-6-31)28-20(29-32(14)18)16-12-27-19(26)11-17(16)22(23,24)25/h10-12H,4-9,13H2,1-3H3,(H2,26,27). The van der Waals surface area contributed by atoms with Crippen LogP contribution in [0.2, 0.25) is 0 Å². The van der Waals surface area contributed by atoms with Crippen molar-refractivity contribution in [3.8, 4) is 11.4 Å². The molecule has 184 valence electrons. The molecule has 0 atom stereocenters. The van der Waals surface area contributed by atoms with Gasteiger partial charge in [-0.1, -0.05) is 0 Å². The Morgan fingerprint density at radius 1 is 1.24 bits per heavy atom. The largest absolute Gasteiger partial charge is 0.417 e. The van der Waals surface area contributed by atoms with Gasteiger partial charge in [0.2, 0.25) is 0 Å². The molecule has 1 aliphatic rings. The molecular weight excluding hydrogens is 451 g/mol. The van der Waals surface area contributed by atoms with Crippen LogP contribution in [0.5, 0.6) is 0 Å². The first-order chi connectivity index (χ1) is 16.2. The van der Waals surface area contributed by atoms with Crippen LogP contribution < -0.4 is 10.6 Å². The Balaban J connectivity index is 1.87. The molecule has 0 unspecified atom stereocenters. The number of hydrogen-bond acceptors (Lipinski definition) is 8. The van der Waals surface area contributed by atoms with E-state index < -0.39 is 11.7 Å². The van der Waals surface area contributed by atoms with E-state index in [4.69, 9.17) is 15.2 Å². The van der Waals surface area contributed by atoms with Gasteiger partial charge in [-0.2, -0.15) is 13.2 Å². The summed E-state index contributed by atoms with van der Waals surface area (Å²) in [5, 5.41) is 4.52. The number of aryl methyl sites for hydroxylation is 1. The summed E-state index contributed by atoms with van der Waals surface area (Å²) in [5.74, 6) is 0.281. The lowest BCUT2D eigenvalue weighted by atomic mass is 10.1. The number of halogens is 3. The number of nitrogen functional groups attached to an aromatic ring is 1. The first-order valence-corrected chi connectivity index (χ1v) is 10.9. The molecule has 0 saturated carbocycles. The lowest BCUT2D eigenvalue weighted by Crippen LogP contribution is -2.37. The van der Waals surface area contributed by atoms with E-state index in [0.29, 0.717) is 45.3 Å². The number of alkyl halides is 3. The molecule has 12 heteroatoms. The minimum atomic E-state index is -4.63. The number of fused-ring (bicyclic) bond motifs is 1. The quantitative estimate of drug-likeness (QED) is 0.553. The minimum Gasteiger partial charge on any atom is -0.384 e. The molecule has 1 fully saturated rings. The summed E-state index contributed by atoms with van der Waals surface area (Å²) in [6, 6.07) is 2.81. The van der Waals surface area contributed by atoms with Crippen LogP contribution in [0.15, 0.2) is 18.3 Å². The van der Waals surface area contributed by atoms with Gasteiger partial charge in [-0.15, -0.1) is 5.10 Å². The van der Waals surface area contributed by atoms with E-state index in [1.807, 2.05) is 24.9 Å². The van der Waals surface area contributed by atoms with E-state index in [2.05, 4.69) is 20.0 Å². The highest BCUT2D eigenvalue weighted by Gasteiger charge is 2.35. The van der Waals surface area contributed by atoms with E-state index in [0.717, 1.165) is 35.6 Å². The summed E-state index contributed by atoms with van der Waals surface area (Å²) in [6.45, 7) is 6.03. The number of nitrogens with zero attached hydrogens (tertiary/aromatic N) is 6. The molecule has 0 bridgehead atoms. The zero-order valence-electron chi connectivity index (χ0n) is 19.4. The van der Waals surface area contributed by atoms with Crippen LogP contribution in [0.25, 0.3) is 16.9 Å². The van der Waals surface area contributed by atoms with Crippen molar-refractivity contribution in [3.05, 3.63) is 35.2 Å². The number of anilines is 2. The number of nitrogens with two attached hydrogens (primary N) is 1. The van der Waals surface area contributed by atoms with Gasteiger partial charge in [0.1, 0.15) is 11.3 Å². The topological polar surface area (TPSA) is 94.0 Å². The van der Waals surface area contributed by atoms with Crippen molar-refractivity contribution in [1.82, 2.24) is 24.5 Å². The molecule has 2 N–H and O–H groups in total. The Kier molecular flexibility index (Phi) is 6.91. The Bertz CT molecular complexity index is 1160. The lowest BCUT2D eigenvalue weighted by Gasteiger charge is -2.28. The Morgan fingerprint density at radius 3 is 2.65 bits per heavy atom. The van der Waals surface area contributed by atoms with Gasteiger partial charge in [0.05, 0.1) is 30.9 Å². The number of aromatic nitrogens is 4. The summed E-state index contributed by atoms with van der Waals surface area (Å²) in [6.07, 6.45) is -3.55. The van der Waals surface area contributed by atoms with Crippen LogP contribution in [0, 0.1) is 6.92 Å². The SMILES string of the molecule is COCCN(C)Cc1cc2c(N3CCOCC3)nc(-c3cnc(N)cc3C(F)(F)F)nn2c1C. The van der Waals surface area contributed by atoms with Crippen molar-refractivity contribution in [1.29, 1.82) is 0 Å². The van der Waals surface area contributed by atoms with Crippen LogP contribution >= 0.6 is 0 Å². The second-order valence-corrected chi connectivity index (χ2v) is 8.29. The molecule has 3 aromatic rings. The van der Waals surface area contributed by atoms with Gasteiger partial charge in [0, 0.05) is 45.2 Å². The van der Waals surface area contributed by atoms with Crippen LogP contribution in [-0.4, -0.2) is 78.1 Å². The molecule has 4 rings (SSSR count). The fraction of sp³-hybridized carbons (Fsp3) is 0.500. The lowest BCUT2D eigenvalue weighted by molar-refractivity contribution is -0.137. The zero-order chi connectivity index (χ0) is 24.5. The molecule has 0 radical (unpaired) electrons. The summed E-state index contributed by atoms with van der Waals surface area (Å²) in [4.78, 5) is 12.6. The summed E-state index contributed by atoms with van der Waals surface area (Å²) in [5.41, 5.74) is 6.98. The number of methoxy groups -OCH3 is 1. The highest BCUT2D eigenvalue weighted by Crippen LogP contribution is 2.37. The molecule has 0 aliphatic carbocycles. The van der Waals surface area contributed by atoms with Gasteiger partial charge >= 0.3 is 6.18 Å². The Hall–Kier alpha value is -2.96. The molecule has 9 nitrogen and oxygen atoms in total. The Labute approximate surface area is 195 Å². The first kappa shape index (κ1) is 24.2. The van der Waals surface area contributed by atoms with Crippen molar-refractivity contribution in [2.75, 3.05) is 64.2 Å². The second-order valence-electron chi connectivity index (χ2n) is 8.29. The number of ether oxygens (including phenoxy) is 2. The van der Waals surface area contributed by atoms with Gasteiger partial charge in [-0.3, -0.25) is 4.90 Å². The zero-order valence-corrected chi connectivity index (χ0v) is 19.4. The first-order valence-electron chi connectivity index (χ1n) is 10.9. The molecule has 1 saturated heterocycles. The molecule has 4 heterocycles. The number of likely N-dealkylation sites (N-methyl/N-ethyl adjacent to an activating group) is 1. The van der Waals surface area contributed by atoms with Gasteiger partial charge in [0.25, 0.3) is 0 Å². The average Bonchev–Trinajstić information content (AvgIpc) is 3.12. The molecule has 0 spiro atoms. The van der Waals surface area contributed by atoms with E-state index in [-0.39, 0.29) is 17.2 Å². The number of hydrogen-bond donors (Lipinski definition) is 1. The molecule has 3 aromatic heterocycles. The monoisotopic (exact) mass is 479 g/mol. The predicted octanol–water partition coefficient (Wildman–Crippen LogP) is 2.62. The van der Waals surface area contributed by atoms with Crippen LogP contribution in [0.1, 0.15) is 16.8 Å². The third-order valence-electron chi connectivity index (χ3n) is 5.86. The highest BCUT2D eigenvalue weighted by molar-refractivity contribution is 5.74. The second kappa shape index (κ2) is 9.72. The number of pyridine rings is 1.